The van der Waals surface area contributed by atoms with E-state index in [4.69, 9.17) is 16.3 Å². The van der Waals surface area contributed by atoms with Gasteiger partial charge in [-0.25, -0.2) is 0 Å². The normalized spacial score (nSPS) is 12.5. The smallest absolute Gasteiger partial charge is 0.252 e. The van der Waals surface area contributed by atoms with Crippen molar-refractivity contribution in [3.63, 3.8) is 0 Å². The van der Waals surface area contributed by atoms with Crippen LogP contribution in [0, 0.1) is 0 Å². The van der Waals surface area contributed by atoms with Crippen molar-refractivity contribution in [2.24, 2.45) is 0 Å². The standard InChI is InChI=1S/C13H15ClN2O4S/c1-7(6-20-2)11(17)16-13(21)15-10-5-8(14)3-4-9(10)12(18)19/h3-6,13,15,21H,1-2H3,(H,16,17)(H,18,19)/p-1/b7-6-/t13-/m1/s1. The molecule has 6 nitrogen and oxygen atoms in total. The van der Waals surface area contributed by atoms with Crippen molar-refractivity contribution in [3.05, 3.63) is 40.6 Å². The largest absolute Gasteiger partial charge is 0.545 e. The summed E-state index contributed by atoms with van der Waals surface area (Å²) in [6.07, 6.45) is 1.28. The average molecular weight is 330 g/mol. The van der Waals surface area contributed by atoms with Crippen LogP contribution in [-0.4, -0.2) is 24.5 Å². The lowest BCUT2D eigenvalue weighted by Crippen LogP contribution is -2.37. The van der Waals surface area contributed by atoms with Gasteiger partial charge in [0.25, 0.3) is 5.91 Å². The van der Waals surface area contributed by atoms with Gasteiger partial charge < -0.3 is 25.3 Å². The van der Waals surface area contributed by atoms with Gasteiger partial charge >= 0.3 is 0 Å². The minimum absolute atomic E-state index is 0.0862. The van der Waals surface area contributed by atoms with Crippen molar-refractivity contribution in [1.82, 2.24) is 5.32 Å². The number of benzene rings is 1. The first-order valence-corrected chi connectivity index (χ1v) is 6.70. The lowest BCUT2D eigenvalue weighted by atomic mass is 10.2. The van der Waals surface area contributed by atoms with Crippen molar-refractivity contribution in [1.29, 1.82) is 0 Å². The third kappa shape index (κ3) is 5.20. The Kier molecular flexibility index (Phi) is 6.39. The Morgan fingerprint density at radius 1 is 1.48 bits per heavy atom. The maximum absolute atomic E-state index is 11.7. The maximum Gasteiger partial charge on any atom is 0.252 e. The Hall–Kier alpha value is -1.86. The molecule has 21 heavy (non-hydrogen) atoms. The molecule has 0 aliphatic heterocycles. The number of carbonyl (C=O) groups excluding carboxylic acids is 2. The van der Waals surface area contributed by atoms with E-state index in [1.165, 1.54) is 31.6 Å². The molecule has 0 spiro atoms. The molecule has 1 atom stereocenters. The summed E-state index contributed by atoms with van der Waals surface area (Å²) in [6.45, 7) is 1.56. The lowest BCUT2D eigenvalue weighted by molar-refractivity contribution is -0.254. The molecule has 0 fully saturated rings. The average Bonchev–Trinajstić information content (AvgIpc) is 2.38. The van der Waals surface area contributed by atoms with Gasteiger partial charge in [-0.05, 0) is 25.1 Å². The quantitative estimate of drug-likeness (QED) is 0.313. The second-order valence-corrected chi connectivity index (χ2v) is 4.99. The summed E-state index contributed by atoms with van der Waals surface area (Å²) in [4.78, 5) is 22.7. The Morgan fingerprint density at radius 3 is 2.71 bits per heavy atom. The zero-order chi connectivity index (χ0) is 16.0. The molecule has 1 aromatic rings. The summed E-state index contributed by atoms with van der Waals surface area (Å²) >= 11 is 9.94. The molecule has 1 rings (SSSR count). The van der Waals surface area contributed by atoms with Crippen LogP contribution in [0.15, 0.2) is 30.0 Å². The highest BCUT2D eigenvalue weighted by Gasteiger charge is 2.12. The Labute approximate surface area is 132 Å². The fourth-order valence-corrected chi connectivity index (χ4v) is 1.89. The molecule has 0 bridgehead atoms. The van der Waals surface area contributed by atoms with Gasteiger partial charge in [-0.1, -0.05) is 11.6 Å². The first-order chi connectivity index (χ1) is 9.85. The van der Waals surface area contributed by atoms with Crippen molar-refractivity contribution in [3.8, 4) is 0 Å². The molecule has 0 aromatic heterocycles. The number of methoxy groups -OCH3 is 1. The predicted octanol–water partition coefficient (Wildman–Crippen LogP) is 0.995. The molecule has 0 saturated heterocycles. The van der Waals surface area contributed by atoms with Crippen LogP contribution in [0.4, 0.5) is 5.69 Å². The summed E-state index contributed by atoms with van der Waals surface area (Å²) in [5, 5.41) is 16.6. The topological polar surface area (TPSA) is 90.5 Å². The monoisotopic (exact) mass is 329 g/mol. The zero-order valence-corrected chi connectivity index (χ0v) is 13.0. The molecular weight excluding hydrogens is 316 g/mol. The summed E-state index contributed by atoms with van der Waals surface area (Å²) in [5.41, 5.74) is -0.383. The molecule has 0 heterocycles. The number of halogens is 1. The van der Waals surface area contributed by atoms with Crippen LogP contribution in [0.2, 0.25) is 5.02 Å². The molecular formula is C13H14ClN2O4S-. The number of nitrogens with one attached hydrogen (secondary N) is 2. The maximum atomic E-state index is 11.7. The Bertz CT molecular complexity index is 577. The van der Waals surface area contributed by atoms with Crippen molar-refractivity contribution < 1.29 is 19.4 Å². The first kappa shape index (κ1) is 17.2. The number of hydrogen-bond acceptors (Lipinski definition) is 6. The molecule has 0 aliphatic rings. The highest BCUT2D eigenvalue weighted by Crippen LogP contribution is 2.21. The molecule has 1 amide bonds. The number of rotatable bonds is 6. The highest BCUT2D eigenvalue weighted by atomic mass is 35.5. The number of anilines is 1. The van der Waals surface area contributed by atoms with Crippen molar-refractivity contribution >= 4 is 41.8 Å². The van der Waals surface area contributed by atoms with Crippen LogP contribution in [0.5, 0.6) is 0 Å². The number of carboxylic acids is 1. The number of ether oxygens (including phenoxy) is 1. The molecule has 1 aromatic carbocycles. The van der Waals surface area contributed by atoms with E-state index in [0.29, 0.717) is 10.6 Å². The third-order valence-corrected chi connectivity index (χ3v) is 2.91. The highest BCUT2D eigenvalue weighted by molar-refractivity contribution is 7.81. The van der Waals surface area contributed by atoms with E-state index < -0.39 is 17.4 Å². The van der Waals surface area contributed by atoms with Crippen molar-refractivity contribution in [2.75, 3.05) is 12.4 Å². The van der Waals surface area contributed by atoms with E-state index in [-0.39, 0.29) is 11.3 Å². The summed E-state index contributed by atoms with van der Waals surface area (Å²) in [6, 6.07) is 4.13. The SMILES string of the molecule is CO/C=C(/C)C(=O)N[C@H](S)Nc1cc(Cl)ccc1C(=O)[O-]. The molecule has 0 unspecified atom stereocenters. The van der Waals surface area contributed by atoms with Gasteiger partial charge in [0.1, 0.15) is 5.50 Å². The lowest BCUT2D eigenvalue weighted by Gasteiger charge is -2.19. The minimum Gasteiger partial charge on any atom is -0.545 e. The van der Waals surface area contributed by atoms with Crippen LogP contribution in [-0.2, 0) is 9.53 Å². The van der Waals surface area contributed by atoms with Gasteiger partial charge in [0.15, 0.2) is 0 Å². The first-order valence-electron chi connectivity index (χ1n) is 5.81. The van der Waals surface area contributed by atoms with Crippen LogP contribution < -0.4 is 15.7 Å². The van der Waals surface area contributed by atoms with E-state index in [1.54, 1.807) is 6.92 Å². The zero-order valence-electron chi connectivity index (χ0n) is 11.3. The van der Waals surface area contributed by atoms with Crippen LogP contribution >= 0.6 is 24.2 Å². The number of carbonyl (C=O) groups is 2. The van der Waals surface area contributed by atoms with E-state index in [0.717, 1.165) is 0 Å². The third-order valence-electron chi connectivity index (χ3n) is 2.41. The second-order valence-electron chi connectivity index (χ2n) is 4.03. The predicted molar refractivity (Wildman–Crippen MR) is 81.1 cm³/mol. The summed E-state index contributed by atoms with van der Waals surface area (Å²) in [7, 11) is 1.42. The van der Waals surface area contributed by atoms with E-state index in [1.807, 2.05) is 0 Å². The van der Waals surface area contributed by atoms with Gasteiger partial charge in [0.2, 0.25) is 0 Å². The molecule has 0 saturated carbocycles. The molecule has 8 heteroatoms. The number of hydrogen-bond donors (Lipinski definition) is 3. The van der Waals surface area contributed by atoms with Crippen molar-refractivity contribution in [2.45, 2.75) is 12.4 Å². The summed E-state index contributed by atoms with van der Waals surface area (Å²) < 4.78 is 4.72. The van der Waals surface area contributed by atoms with Gasteiger partial charge in [-0.3, -0.25) is 4.79 Å². The van der Waals surface area contributed by atoms with E-state index >= 15 is 0 Å². The van der Waals surface area contributed by atoms with Gasteiger partial charge in [-0.15, -0.1) is 12.6 Å². The van der Waals surface area contributed by atoms with Crippen LogP contribution in [0.1, 0.15) is 17.3 Å². The summed E-state index contributed by atoms with van der Waals surface area (Å²) in [5.74, 6) is -1.78. The van der Waals surface area contributed by atoms with Gasteiger partial charge in [0, 0.05) is 21.8 Å². The second kappa shape index (κ2) is 7.80. The molecule has 0 aliphatic carbocycles. The number of amides is 1. The van der Waals surface area contributed by atoms with E-state index in [9.17, 15) is 14.7 Å². The fraction of sp³-hybridized carbons (Fsp3) is 0.231. The number of aromatic carboxylic acids is 1. The van der Waals surface area contributed by atoms with Crippen LogP contribution in [0.3, 0.4) is 0 Å². The molecule has 114 valence electrons. The van der Waals surface area contributed by atoms with E-state index in [2.05, 4.69) is 23.3 Å². The fourth-order valence-electron chi connectivity index (χ4n) is 1.47. The Balaban J connectivity index is 2.82. The molecule has 2 N–H and O–H groups in total. The number of thiol groups is 1. The van der Waals surface area contributed by atoms with Gasteiger partial charge in [-0.2, -0.15) is 0 Å². The number of carboxylic acid groups (broad SMARTS) is 1. The molecule has 0 radical (unpaired) electrons. The van der Waals surface area contributed by atoms with Crippen LogP contribution in [0.25, 0.3) is 0 Å². The minimum atomic E-state index is -1.36. The van der Waals surface area contributed by atoms with Gasteiger partial charge in [0.05, 0.1) is 19.3 Å². The Morgan fingerprint density at radius 2 is 2.14 bits per heavy atom.